The van der Waals surface area contributed by atoms with Crippen molar-refractivity contribution in [3.05, 3.63) is 35.6 Å². The molecule has 1 aromatic rings. The van der Waals surface area contributed by atoms with E-state index in [1.807, 2.05) is 13.0 Å². The number of benzene rings is 1. The minimum atomic E-state index is -0.580. The van der Waals surface area contributed by atoms with E-state index in [9.17, 15) is 9.18 Å². The molecule has 21 heavy (non-hydrogen) atoms. The van der Waals surface area contributed by atoms with Crippen molar-refractivity contribution < 1.29 is 13.9 Å². The topological polar surface area (TPSA) is 64.3 Å². The molecule has 1 unspecified atom stereocenters. The Bertz CT molecular complexity index is 481. The maximum absolute atomic E-state index is 13.1. The van der Waals surface area contributed by atoms with Crippen molar-refractivity contribution in [3.8, 4) is 0 Å². The van der Waals surface area contributed by atoms with Gasteiger partial charge in [0.1, 0.15) is 11.4 Å². The monoisotopic (exact) mass is 296 g/mol. The summed E-state index contributed by atoms with van der Waals surface area (Å²) in [5.41, 5.74) is 5.93. The van der Waals surface area contributed by atoms with Crippen LogP contribution in [0.15, 0.2) is 24.3 Å². The molecule has 1 atom stereocenters. The molecule has 118 valence electrons. The molecule has 0 radical (unpaired) electrons. The number of amides is 1. The second-order valence-electron chi connectivity index (χ2n) is 6.64. The first-order valence-corrected chi connectivity index (χ1v) is 7.08. The Hall–Kier alpha value is -1.62. The smallest absolute Gasteiger partial charge is 0.407 e. The van der Waals surface area contributed by atoms with Gasteiger partial charge in [-0.3, -0.25) is 0 Å². The van der Waals surface area contributed by atoms with Crippen molar-refractivity contribution in [2.75, 3.05) is 6.54 Å². The van der Waals surface area contributed by atoms with Gasteiger partial charge in [0.15, 0.2) is 0 Å². The second-order valence-corrected chi connectivity index (χ2v) is 6.64. The molecule has 5 heteroatoms. The molecule has 0 aliphatic heterocycles. The highest BCUT2D eigenvalue weighted by molar-refractivity contribution is 5.67. The van der Waals surface area contributed by atoms with E-state index in [1.165, 1.54) is 12.1 Å². The van der Waals surface area contributed by atoms with Crippen LogP contribution in [0.4, 0.5) is 9.18 Å². The average molecular weight is 296 g/mol. The van der Waals surface area contributed by atoms with E-state index in [0.29, 0.717) is 19.4 Å². The highest BCUT2D eigenvalue weighted by atomic mass is 19.1. The van der Waals surface area contributed by atoms with Crippen LogP contribution >= 0.6 is 0 Å². The Balaban J connectivity index is 2.41. The molecule has 1 amide bonds. The summed E-state index contributed by atoms with van der Waals surface area (Å²) in [6.07, 6.45) is 0.803. The molecular weight excluding hydrogens is 271 g/mol. The summed E-state index contributed by atoms with van der Waals surface area (Å²) in [6, 6.07) is 6.45. The SMILES string of the molecule is CC(N)(CCc1cccc(F)c1)CNC(=O)OC(C)(C)C. The molecule has 0 aliphatic rings. The molecule has 4 nitrogen and oxygen atoms in total. The number of carbonyl (C=O) groups excluding carboxylic acids is 1. The molecule has 0 fully saturated rings. The van der Waals surface area contributed by atoms with Crippen molar-refractivity contribution in [1.29, 1.82) is 0 Å². The first kappa shape index (κ1) is 17.4. The number of ether oxygens (including phenoxy) is 1. The van der Waals surface area contributed by atoms with Crippen molar-refractivity contribution >= 4 is 6.09 Å². The van der Waals surface area contributed by atoms with Crippen LogP contribution in [0.5, 0.6) is 0 Å². The van der Waals surface area contributed by atoms with Gasteiger partial charge in [0.25, 0.3) is 0 Å². The lowest BCUT2D eigenvalue weighted by Crippen LogP contribution is -2.49. The van der Waals surface area contributed by atoms with E-state index >= 15 is 0 Å². The largest absolute Gasteiger partial charge is 0.444 e. The highest BCUT2D eigenvalue weighted by Crippen LogP contribution is 2.13. The third kappa shape index (κ3) is 7.66. The summed E-state index contributed by atoms with van der Waals surface area (Å²) >= 11 is 0. The zero-order chi connectivity index (χ0) is 16.1. The maximum atomic E-state index is 13.1. The molecule has 0 saturated carbocycles. The van der Waals surface area contributed by atoms with Gasteiger partial charge in [-0.05, 0) is 58.2 Å². The van der Waals surface area contributed by atoms with Crippen molar-refractivity contribution in [3.63, 3.8) is 0 Å². The second kappa shape index (κ2) is 6.89. The molecular formula is C16H25FN2O2. The summed E-state index contributed by atoms with van der Waals surface area (Å²) in [4.78, 5) is 11.6. The number of carbonyl (C=O) groups is 1. The third-order valence-corrected chi connectivity index (χ3v) is 2.91. The van der Waals surface area contributed by atoms with Gasteiger partial charge in [-0.1, -0.05) is 12.1 Å². The van der Waals surface area contributed by atoms with Gasteiger partial charge < -0.3 is 15.8 Å². The van der Waals surface area contributed by atoms with Gasteiger partial charge in [0.2, 0.25) is 0 Å². The Morgan fingerprint density at radius 1 is 1.33 bits per heavy atom. The zero-order valence-corrected chi connectivity index (χ0v) is 13.2. The molecule has 3 N–H and O–H groups in total. The fraction of sp³-hybridized carbons (Fsp3) is 0.562. The first-order valence-electron chi connectivity index (χ1n) is 7.08. The van der Waals surface area contributed by atoms with E-state index in [2.05, 4.69) is 5.32 Å². The van der Waals surface area contributed by atoms with E-state index in [1.54, 1.807) is 26.8 Å². The standard InChI is InChI=1S/C16H25FN2O2/c1-15(2,3)21-14(20)19-11-16(4,18)9-8-12-6-5-7-13(17)10-12/h5-7,10H,8-9,11,18H2,1-4H3,(H,19,20). The van der Waals surface area contributed by atoms with Crippen LogP contribution in [0.2, 0.25) is 0 Å². The van der Waals surface area contributed by atoms with E-state index in [-0.39, 0.29) is 5.82 Å². The predicted octanol–water partition coefficient (Wildman–Crippen LogP) is 3.00. The number of alkyl carbamates (subject to hydrolysis) is 1. The Morgan fingerprint density at radius 2 is 2.00 bits per heavy atom. The van der Waals surface area contributed by atoms with E-state index in [0.717, 1.165) is 5.56 Å². The van der Waals surface area contributed by atoms with Crippen LogP contribution in [-0.4, -0.2) is 23.8 Å². The average Bonchev–Trinajstić information content (AvgIpc) is 2.33. The lowest BCUT2D eigenvalue weighted by Gasteiger charge is -2.26. The number of hydrogen-bond acceptors (Lipinski definition) is 3. The number of halogens is 1. The van der Waals surface area contributed by atoms with Gasteiger partial charge in [-0.2, -0.15) is 0 Å². The summed E-state index contributed by atoms with van der Waals surface area (Å²) in [7, 11) is 0. The van der Waals surface area contributed by atoms with Crippen LogP contribution in [0.1, 0.15) is 39.7 Å². The van der Waals surface area contributed by atoms with E-state index in [4.69, 9.17) is 10.5 Å². The van der Waals surface area contributed by atoms with Crippen LogP contribution in [0, 0.1) is 5.82 Å². The van der Waals surface area contributed by atoms with Crippen LogP contribution in [-0.2, 0) is 11.2 Å². The van der Waals surface area contributed by atoms with Crippen LogP contribution < -0.4 is 11.1 Å². The summed E-state index contributed by atoms with van der Waals surface area (Å²) in [5.74, 6) is -0.252. The zero-order valence-electron chi connectivity index (χ0n) is 13.2. The summed E-state index contributed by atoms with van der Waals surface area (Å²) < 4.78 is 18.3. The lowest BCUT2D eigenvalue weighted by atomic mass is 9.94. The lowest BCUT2D eigenvalue weighted by molar-refractivity contribution is 0.0515. The highest BCUT2D eigenvalue weighted by Gasteiger charge is 2.22. The predicted molar refractivity (Wildman–Crippen MR) is 81.6 cm³/mol. The maximum Gasteiger partial charge on any atom is 0.407 e. The number of rotatable bonds is 5. The number of nitrogens with two attached hydrogens (primary N) is 1. The van der Waals surface area contributed by atoms with Crippen LogP contribution in [0.3, 0.4) is 0 Å². The molecule has 0 aliphatic carbocycles. The number of aryl methyl sites for hydroxylation is 1. The number of hydrogen-bond donors (Lipinski definition) is 2. The molecule has 0 heterocycles. The van der Waals surface area contributed by atoms with E-state index < -0.39 is 17.2 Å². The Morgan fingerprint density at radius 3 is 2.57 bits per heavy atom. The molecule has 1 aromatic carbocycles. The molecule has 0 aromatic heterocycles. The van der Waals surface area contributed by atoms with Crippen molar-refractivity contribution in [2.45, 2.75) is 51.7 Å². The van der Waals surface area contributed by atoms with Gasteiger partial charge >= 0.3 is 6.09 Å². The molecule has 0 bridgehead atoms. The Kier molecular flexibility index (Phi) is 5.72. The van der Waals surface area contributed by atoms with Gasteiger partial charge in [0, 0.05) is 12.1 Å². The van der Waals surface area contributed by atoms with Gasteiger partial charge in [0.05, 0.1) is 0 Å². The first-order chi connectivity index (χ1) is 9.57. The van der Waals surface area contributed by atoms with Crippen molar-refractivity contribution in [1.82, 2.24) is 5.32 Å². The molecule has 0 spiro atoms. The fourth-order valence-corrected chi connectivity index (χ4v) is 1.80. The fourth-order valence-electron chi connectivity index (χ4n) is 1.80. The normalized spacial score (nSPS) is 14.4. The minimum absolute atomic E-state index is 0.252. The Labute approximate surface area is 125 Å². The summed E-state index contributed by atoms with van der Waals surface area (Å²) in [5, 5.41) is 2.67. The molecule has 1 rings (SSSR count). The quantitative estimate of drug-likeness (QED) is 0.878. The van der Waals surface area contributed by atoms with Gasteiger partial charge in [-0.25, -0.2) is 9.18 Å². The van der Waals surface area contributed by atoms with Gasteiger partial charge in [-0.15, -0.1) is 0 Å². The summed E-state index contributed by atoms with van der Waals surface area (Å²) in [6.45, 7) is 7.56. The third-order valence-electron chi connectivity index (χ3n) is 2.91. The minimum Gasteiger partial charge on any atom is -0.444 e. The molecule has 0 saturated heterocycles. The van der Waals surface area contributed by atoms with Crippen LogP contribution in [0.25, 0.3) is 0 Å². The number of nitrogens with one attached hydrogen (secondary N) is 1. The van der Waals surface area contributed by atoms with Crippen molar-refractivity contribution in [2.24, 2.45) is 5.73 Å².